The van der Waals surface area contributed by atoms with Gasteiger partial charge in [0, 0.05) is 18.5 Å². The molecule has 124 valence electrons. The maximum Gasteiger partial charge on any atom is 0.407 e. The van der Waals surface area contributed by atoms with Crippen molar-refractivity contribution in [2.45, 2.75) is 50.4 Å². The van der Waals surface area contributed by atoms with E-state index in [4.69, 9.17) is 9.84 Å². The molecule has 4 heteroatoms. The van der Waals surface area contributed by atoms with Crippen LogP contribution in [0, 0.1) is 5.41 Å². The van der Waals surface area contributed by atoms with Gasteiger partial charge in [0.2, 0.25) is 0 Å². The molecule has 0 bridgehead atoms. The monoisotopic (exact) mass is 315 g/mol. The molecule has 1 aromatic rings. The second-order valence-electron chi connectivity index (χ2n) is 7.69. The standard InChI is InChI=1S/C19H25NO3/c1-23-17-10-15(4-5-16(17)14-2-3-14)13-6-8-19(9-7-13)11-20(12-19)18(21)22/h4-5,10,13-14H,2-3,6-9,11-12H2,1H3,(H,21,22). The Morgan fingerprint density at radius 3 is 2.43 bits per heavy atom. The van der Waals surface area contributed by atoms with Gasteiger partial charge in [-0.05, 0) is 67.6 Å². The Bertz CT molecular complexity index is 607. The fourth-order valence-electron chi connectivity index (χ4n) is 4.49. The van der Waals surface area contributed by atoms with Gasteiger partial charge in [-0.2, -0.15) is 0 Å². The summed E-state index contributed by atoms with van der Waals surface area (Å²) in [4.78, 5) is 12.5. The van der Waals surface area contributed by atoms with E-state index in [1.807, 2.05) is 0 Å². The van der Waals surface area contributed by atoms with E-state index < -0.39 is 6.09 Å². The van der Waals surface area contributed by atoms with Crippen LogP contribution in [0.15, 0.2) is 18.2 Å². The van der Waals surface area contributed by atoms with Gasteiger partial charge in [-0.1, -0.05) is 12.1 Å². The van der Waals surface area contributed by atoms with Crippen molar-refractivity contribution in [3.63, 3.8) is 0 Å². The van der Waals surface area contributed by atoms with Crippen molar-refractivity contribution in [3.8, 4) is 5.75 Å². The molecule has 0 atom stereocenters. The Morgan fingerprint density at radius 2 is 1.87 bits per heavy atom. The van der Waals surface area contributed by atoms with Crippen LogP contribution in [0.1, 0.15) is 61.5 Å². The number of ether oxygens (including phenoxy) is 1. The zero-order chi connectivity index (χ0) is 16.0. The van der Waals surface area contributed by atoms with Gasteiger partial charge < -0.3 is 14.7 Å². The number of hydrogen-bond acceptors (Lipinski definition) is 2. The molecule has 0 radical (unpaired) electrons. The van der Waals surface area contributed by atoms with Crippen molar-refractivity contribution in [1.29, 1.82) is 0 Å². The maximum atomic E-state index is 11.0. The molecule has 1 N–H and O–H groups in total. The van der Waals surface area contributed by atoms with E-state index in [2.05, 4.69) is 18.2 Å². The smallest absolute Gasteiger partial charge is 0.407 e. The lowest BCUT2D eigenvalue weighted by molar-refractivity contribution is -0.0188. The molecule has 2 aliphatic carbocycles. The van der Waals surface area contributed by atoms with E-state index in [9.17, 15) is 4.79 Å². The Kier molecular flexibility index (Phi) is 3.51. The molecule has 0 aromatic heterocycles. The summed E-state index contributed by atoms with van der Waals surface area (Å²) in [6, 6.07) is 6.81. The minimum atomic E-state index is -0.766. The number of nitrogens with zero attached hydrogens (tertiary/aromatic N) is 1. The van der Waals surface area contributed by atoms with Crippen LogP contribution < -0.4 is 4.74 Å². The van der Waals surface area contributed by atoms with Gasteiger partial charge >= 0.3 is 6.09 Å². The first kappa shape index (κ1) is 14.9. The summed E-state index contributed by atoms with van der Waals surface area (Å²) >= 11 is 0. The second kappa shape index (κ2) is 5.43. The first-order valence-corrected chi connectivity index (χ1v) is 8.76. The fourth-order valence-corrected chi connectivity index (χ4v) is 4.49. The van der Waals surface area contributed by atoms with Gasteiger partial charge in [-0.15, -0.1) is 0 Å². The first-order valence-electron chi connectivity index (χ1n) is 8.76. The zero-order valence-electron chi connectivity index (χ0n) is 13.8. The van der Waals surface area contributed by atoms with Crippen LogP contribution in [0.3, 0.4) is 0 Å². The van der Waals surface area contributed by atoms with Gasteiger partial charge in [-0.25, -0.2) is 4.79 Å². The molecule has 23 heavy (non-hydrogen) atoms. The molecule has 1 aromatic carbocycles. The number of methoxy groups -OCH3 is 1. The molecular formula is C19H25NO3. The van der Waals surface area contributed by atoms with Crippen LogP contribution in [-0.2, 0) is 0 Å². The number of carboxylic acid groups (broad SMARTS) is 1. The Hall–Kier alpha value is -1.71. The molecule has 1 heterocycles. The summed E-state index contributed by atoms with van der Waals surface area (Å²) in [5, 5.41) is 9.02. The highest BCUT2D eigenvalue weighted by atomic mass is 16.5. The molecule has 4 rings (SSSR count). The van der Waals surface area contributed by atoms with Gasteiger partial charge in [0.15, 0.2) is 0 Å². The average molecular weight is 315 g/mol. The minimum absolute atomic E-state index is 0.271. The lowest BCUT2D eigenvalue weighted by Crippen LogP contribution is -2.59. The minimum Gasteiger partial charge on any atom is -0.496 e. The molecule has 1 saturated heterocycles. The summed E-state index contributed by atoms with van der Waals surface area (Å²) in [5.41, 5.74) is 3.04. The summed E-state index contributed by atoms with van der Waals surface area (Å²) in [5.74, 6) is 2.37. The number of amides is 1. The number of carbonyl (C=O) groups is 1. The van der Waals surface area contributed by atoms with Crippen molar-refractivity contribution in [2.24, 2.45) is 5.41 Å². The Labute approximate surface area is 137 Å². The van der Waals surface area contributed by atoms with Crippen molar-refractivity contribution < 1.29 is 14.6 Å². The number of benzene rings is 1. The highest BCUT2D eigenvalue weighted by molar-refractivity contribution is 5.66. The van der Waals surface area contributed by atoms with E-state index >= 15 is 0 Å². The molecule has 1 aliphatic heterocycles. The summed E-state index contributed by atoms with van der Waals surface area (Å²) < 4.78 is 5.62. The van der Waals surface area contributed by atoms with E-state index in [1.165, 1.54) is 36.8 Å². The topological polar surface area (TPSA) is 49.8 Å². The predicted octanol–water partition coefficient (Wildman–Crippen LogP) is 4.21. The van der Waals surface area contributed by atoms with Crippen molar-refractivity contribution in [3.05, 3.63) is 29.3 Å². The predicted molar refractivity (Wildman–Crippen MR) is 88.2 cm³/mol. The highest BCUT2D eigenvalue weighted by Gasteiger charge is 2.47. The lowest BCUT2D eigenvalue weighted by Gasteiger charge is -2.52. The summed E-state index contributed by atoms with van der Waals surface area (Å²) in [7, 11) is 1.77. The zero-order valence-corrected chi connectivity index (χ0v) is 13.8. The summed E-state index contributed by atoms with van der Waals surface area (Å²) in [6.45, 7) is 1.47. The molecule has 4 nitrogen and oxygen atoms in total. The SMILES string of the molecule is COc1cc(C2CCC3(CC2)CN(C(=O)O)C3)ccc1C1CC1. The molecule has 1 spiro atoms. The van der Waals surface area contributed by atoms with Gasteiger partial charge in [0.1, 0.15) is 5.75 Å². The van der Waals surface area contributed by atoms with Crippen LogP contribution in [0.5, 0.6) is 5.75 Å². The van der Waals surface area contributed by atoms with Crippen LogP contribution in [-0.4, -0.2) is 36.3 Å². The van der Waals surface area contributed by atoms with Gasteiger partial charge in [0.25, 0.3) is 0 Å². The van der Waals surface area contributed by atoms with Crippen molar-refractivity contribution >= 4 is 6.09 Å². The largest absolute Gasteiger partial charge is 0.496 e. The van der Waals surface area contributed by atoms with E-state index in [0.717, 1.165) is 31.7 Å². The van der Waals surface area contributed by atoms with E-state index in [1.54, 1.807) is 12.0 Å². The molecule has 2 saturated carbocycles. The normalized spacial score (nSPS) is 23.6. The third-order valence-electron chi connectivity index (χ3n) is 6.12. The van der Waals surface area contributed by atoms with Crippen LogP contribution in [0.4, 0.5) is 4.79 Å². The number of hydrogen-bond donors (Lipinski definition) is 1. The quantitative estimate of drug-likeness (QED) is 0.909. The molecular weight excluding hydrogens is 290 g/mol. The Balaban J connectivity index is 1.42. The molecule has 3 fully saturated rings. The van der Waals surface area contributed by atoms with Crippen LogP contribution in [0.25, 0.3) is 0 Å². The van der Waals surface area contributed by atoms with Gasteiger partial charge in [0.05, 0.1) is 7.11 Å². The van der Waals surface area contributed by atoms with Crippen LogP contribution >= 0.6 is 0 Å². The molecule has 0 unspecified atom stereocenters. The number of likely N-dealkylation sites (tertiary alicyclic amines) is 1. The Morgan fingerprint density at radius 1 is 1.17 bits per heavy atom. The second-order valence-corrected chi connectivity index (χ2v) is 7.69. The average Bonchev–Trinajstić information content (AvgIpc) is 3.36. The third kappa shape index (κ3) is 2.68. The molecule has 1 amide bonds. The fraction of sp³-hybridized carbons (Fsp3) is 0.632. The molecule has 3 aliphatic rings. The van der Waals surface area contributed by atoms with Crippen LogP contribution in [0.2, 0.25) is 0 Å². The first-order chi connectivity index (χ1) is 11.1. The number of rotatable bonds is 3. The van der Waals surface area contributed by atoms with Crippen molar-refractivity contribution in [2.75, 3.05) is 20.2 Å². The maximum absolute atomic E-state index is 11.0. The van der Waals surface area contributed by atoms with Gasteiger partial charge in [-0.3, -0.25) is 0 Å². The van der Waals surface area contributed by atoms with Crippen molar-refractivity contribution in [1.82, 2.24) is 4.90 Å². The highest BCUT2D eigenvalue weighted by Crippen LogP contribution is 2.50. The van der Waals surface area contributed by atoms with E-state index in [0.29, 0.717) is 11.8 Å². The third-order valence-corrected chi connectivity index (χ3v) is 6.12. The van der Waals surface area contributed by atoms with E-state index in [-0.39, 0.29) is 5.41 Å². The summed E-state index contributed by atoms with van der Waals surface area (Å²) in [6.07, 6.45) is 6.45. The lowest BCUT2D eigenvalue weighted by atomic mass is 9.65.